The van der Waals surface area contributed by atoms with Crippen molar-refractivity contribution in [2.75, 3.05) is 6.61 Å². The summed E-state index contributed by atoms with van der Waals surface area (Å²) >= 11 is 0. The molecule has 0 spiro atoms. The Hall–Kier alpha value is -0.0551. The van der Waals surface area contributed by atoms with Crippen molar-refractivity contribution in [3.63, 3.8) is 0 Å². The van der Waals surface area contributed by atoms with Crippen molar-refractivity contribution in [3.8, 4) is 0 Å². The van der Waals surface area contributed by atoms with Gasteiger partial charge in [-0.1, -0.05) is 6.92 Å². The summed E-state index contributed by atoms with van der Waals surface area (Å²) in [5.41, 5.74) is 0. The highest BCUT2D eigenvalue weighted by molar-refractivity contribution is 6.12. The summed E-state index contributed by atoms with van der Waals surface area (Å²) in [5, 5.41) is 0. The smallest absolute Gasteiger partial charge is 0.163 e. The van der Waals surface area contributed by atoms with Crippen molar-refractivity contribution in [2.45, 2.75) is 57.1 Å². The molecule has 4 heteroatoms. The summed E-state index contributed by atoms with van der Waals surface area (Å²) in [6, 6.07) is 0. The fraction of sp³-hybridized carbons (Fsp3) is 1.00. The van der Waals surface area contributed by atoms with Crippen LogP contribution >= 0.6 is 0 Å². The molecule has 0 aromatic carbocycles. The third kappa shape index (κ3) is 1.71. The molecule has 4 atom stereocenters. The van der Waals surface area contributed by atoms with Gasteiger partial charge in [0.15, 0.2) is 5.79 Å². The van der Waals surface area contributed by atoms with Gasteiger partial charge in [0.1, 0.15) is 14.0 Å². The van der Waals surface area contributed by atoms with E-state index in [9.17, 15) is 0 Å². The Kier molecular flexibility index (Phi) is 2.62. The van der Waals surface area contributed by atoms with Gasteiger partial charge in [0.05, 0.1) is 12.2 Å². The summed E-state index contributed by atoms with van der Waals surface area (Å²) in [4.78, 5) is 0. The van der Waals surface area contributed by atoms with Gasteiger partial charge in [-0.25, -0.2) is 0 Å². The summed E-state index contributed by atoms with van der Waals surface area (Å²) in [6.45, 7) is 6.88. The minimum Gasteiger partial charge on any atom is -0.376 e. The fourth-order valence-corrected chi connectivity index (χ4v) is 2.36. The second-order valence-electron chi connectivity index (χ2n) is 4.82. The van der Waals surface area contributed by atoms with Crippen LogP contribution in [0.5, 0.6) is 0 Å². The number of hydrogen-bond donors (Lipinski definition) is 0. The zero-order chi connectivity index (χ0) is 10.3. The highest BCUT2D eigenvalue weighted by Gasteiger charge is 2.49. The molecule has 0 amide bonds. The number of ether oxygens (including phenoxy) is 3. The highest BCUT2D eigenvalue weighted by atomic mass is 16.8. The van der Waals surface area contributed by atoms with E-state index in [-0.39, 0.29) is 18.3 Å². The van der Waals surface area contributed by atoms with Crippen molar-refractivity contribution in [1.29, 1.82) is 0 Å². The highest BCUT2D eigenvalue weighted by Crippen LogP contribution is 2.39. The van der Waals surface area contributed by atoms with Crippen LogP contribution in [0.15, 0.2) is 0 Å². The lowest BCUT2D eigenvalue weighted by atomic mass is 9.78. The van der Waals surface area contributed by atoms with Gasteiger partial charge in [-0.2, -0.15) is 0 Å². The van der Waals surface area contributed by atoms with Gasteiger partial charge in [-0.05, 0) is 26.1 Å². The molecule has 0 saturated carbocycles. The van der Waals surface area contributed by atoms with Crippen molar-refractivity contribution >= 4 is 7.85 Å². The van der Waals surface area contributed by atoms with Crippen LogP contribution in [0.2, 0.25) is 5.82 Å². The van der Waals surface area contributed by atoms with Crippen molar-refractivity contribution in [1.82, 2.24) is 0 Å². The predicted molar refractivity (Wildman–Crippen MR) is 56.2 cm³/mol. The zero-order valence-corrected chi connectivity index (χ0v) is 9.45. The standard InChI is InChI=1S/C10H19BO3/c1-4-7-9-8(6(11)5-12-7)13-10(2,3)14-9/h6-9H,4-5,11H2,1-3H3/t6-,7-,8-,9?/m1/s1. The number of rotatable bonds is 1. The van der Waals surface area contributed by atoms with Crippen LogP contribution in [0.4, 0.5) is 0 Å². The third-order valence-corrected chi connectivity index (χ3v) is 3.07. The van der Waals surface area contributed by atoms with E-state index in [0.717, 1.165) is 13.0 Å². The topological polar surface area (TPSA) is 27.7 Å². The molecule has 0 radical (unpaired) electrons. The number of fused-ring (bicyclic) bond motifs is 1. The van der Waals surface area contributed by atoms with E-state index in [1.54, 1.807) is 0 Å². The molecule has 0 bridgehead atoms. The molecule has 0 aromatic rings. The van der Waals surface area contributed by atoms with Crippen LogP contribution in [0.1, 0.15) is 27.2 Å². The van der Waals surface area contributed by atoms with Gasteiger partial charge in [0.2, 0.25) is 0 Å². The second kappa shape index (κ2) is 3.51. The maximum atomic E-state index is 5.89. The Morgan fingerprint density at radius 1 is 1.29 bits per heavy atom. The Bertz CT molecular complexity index is 219. The van der Waals surface area contributed by atoms with E-state index < -0.39 is 5.79 Å². The number of hydrogen-bond acceptors (Lipinski definition) is 3. The Morgan fingerprint density at radius 2 is 1.93 bits per heavy atom. The molecule has 2 aliphatic heterocycles. The first kappa shape index (κ1) is 10.5. The average Bonchev–Trinajstić information content (AvgIpc) is 2.42. The fourth-order valence-electron chi connectivity index (χ4n) is 2.36. The molecule has 0 aliphatic carbocycles. The van der Waals surface area contributed by atoms with Gasteiger partial charge in [-0.3, -0.25) is 0 Å². The van der Waals surface area contributed by atoms with Crippen molar-refractivity contribution in [2.24, 2.45) is 0 Å². The molecule has 14 heavy (non-hydrogen) atoms. The van der Waals surface area contributed by atoms with Crippen LogP contribution in [0.25, 0.3) is 0 Å². The van der Waals surface area contributed by atoms with E-state index in [4.69, 9.17) is 14.2 Å². The zero-order valence-electron chi connectivity index (χ0n) is 9.45. The molecule has 0 aromatic heterocycles. The molecule has 2 fully saturated rings. The predicted octanol–water partition coefficient (Wildman–Crippen LogP) is 0.737. The molecular formula is C10H19BO3. The van der Waals surface area contributed by atoms with Crippen LogP contribution in [0, 0.1) is 0 Å². The van der Waals surface area contributed by atoms with Crippen molar-refractivity contribution in [3.05, 3.63) is 0 Å². The van der Waals surface area contributed by atoms with E-state index in [1.165, 1.54) is 0 Å². The largest absolute Gasteiger partial charge is 0.376 e. The lowest BCUT2D eigenvalue weighted by Gasteiger charge is -2.35. The van der Waals surface area contributed by atoms with Gasteiger partial charge in [-0.15, -0.1) is 0 Å². The normalized spacial score (nSPS) is 46.2. The average molecular weight is 198 g/mol. The van der Waals surface area contributed by atoms with Crippen LogP contribution in [-0.2, 0) is 14.2 Å². The summed E-state index contributed by atoms with van der Waals surface area (Å²) in [7, 11) is 2.16. The van der Waals surface area contributed by atoms with E-state index >= 15 is 0 Å². The molecule has 2 heterocycles. The Labute approximate surface area is 86.5 Å². The summed E-state index contributed by atoms with van der Waals surface area (Å²) < 4.78 is 17.5. The molecule has 2 rings (SSSR count). The third-order valence-electron chi connectivity index (χ3n) is 3.07. The van der Waals surface area contributed by atoms with Gasteiger partial charge < -0.3 is 14.2 Å². The van der Waals surface area contributed by atoms with Crippen LogP contribution in [-0.4, -0.2) is 38.6 Å². The van der Waals surface area contributed by atoms with Crippen LogP contribution < -0.4 is 0 Å². The molecule has 3 nitrogen and oxygen atoms in total. The van der Waals surface area contributed by atoms with Gasteiger partial charge in [0, 0.05) is 6.61 Å². The Balaban J connectivity index is 2.14. The summed E-state index contributed by atoms with van der Waals surface area (Å²) in [6.07, 6.45) is 1.54. The first-order valence-corrected chi connectivity index (χ1v) is 5.50. The lowest BCUT2D eigenvalue weighted by Crippen LogP contribution is -2.45. The molecule has 0 N–H and O–H groups in total. The monoisotopic (exact) mass is 198 g/mol. The van der Waals surface area contributed by atoms with E-state index in [0.29, 0.717) is 5.82 Å². The van der Waals surface area contributed by atoms with Crippen LogP contribution in [0.3, 0.4) is 0 Å². The maximum absolute atomic E-state index is 5.89. The van der Waals surface area contributed by atoms with Gasteiger partial charge in [0.25, 0.3) is 0 Å². The Morgan fingerprint density at radius 3 is 2.57 bits per heavy atom. The first-order chi connectivity index (χ1) is 6.53. The van der Waals surface area contributed by atoms with E-state index in [2.05, 4.69) is 14.8 Å². The van der Waals surface area contributed by atoms with Gasteiger partial charge >= 0.3 is 0 Å². The minimum atomic E-state index is -0.440. The summed E-state index contributed by atoms with van der Waals surface area (Å²) in [5.74, 6) is -0.00498. The molecule has 2 aliphatic rings. The lowest BCUT2D eigenvalue weighted by molar-refractivity contribution is -0.153. The van der Waals surface area contributed by atoms with E-state index in [1.807, 2.05) is 13.8 Å². The SMILES string of the molecule is B[C@@H]1CO[C@H](CC)C2OC(C)(C)O[C@@H]21. The quantitative estimate of drug-likeness (QED) is 0.581. The first-order valence-electron chi connectivity index (χ1n) is 5.50. The molecule has 2 saturated heterocycles. The molecule has 80 valence electrons. The van der Waals surface area contributed by atoms with Crippen molar-refractivity contribution < 1.29 is 14.2 Å². The molecule has 1 unspecified atom stereocenters. The maximum Gasteiger partial charge on any atom is 0.163 e. The minimum absolute atomic E-state index is 0.124. The molecular weight excluding hydrogens is 179 g/mol. The second-order valence-corrected chi connectivity index (χ2v) is 4.82.